The molecule has 0 spiro atoms. The zero-order chi connectivity index (χ0) is 26.5. The van der Waals surface area contributed by atoms with Gasteiger partial charge in [-0.1, -0.05) is 104 Å². The highest BCUT2D eigenvalue weighted by molar-refractivity contribution is 6.23. The van der Waals surface area contributed by atoms with Gasteiger partial charge >= 0.3 is 0 Å². The normalized spacial score (nSPS) is 12.1. The number of hydrogen-bond acceptors (Lipinski definition) is 1. The van der Waals surface area contributed by atoms with Crippen LogP contribution < -0.4 is 5.56 Å². The molecule has 39 heavy (non-hydrogen) atoms. The molecular formula is C37H25NO. The first-order valence-electron chi connectivity index (χ1n) is 13.1. The summed E-state index contributed by atoms with van der Waals surface area (Å²) in [6, 6.07) is 38.2. The van der Waals surface area contributed by atoms with Gasteiger partial charge in [0.2, 0.25) is 0 Å². The predicted molar refractivity (Wildman–Crippen MR) is 168 cm³/mol. The number of nitrogens with zero attached hydrogens (tertiary/aromatic N) is 1. The SMILES string of the molecule is C=C/C=C(\C=C)n1c(=O)c2ccccc2c2cc(-c3cc4ccc5ccccc5c4c4ccccc34)ccc21. The second-order valence-corrected chi connectivity index (χ2v) is 9.80. The fraction of sp³-hybridized carbons (Fsp3) is 0. The summed E-state index contributed by atoms with van der Waals surface area (Å²) in [6.07, 6.45) is 5.20. The fourth-order valence-corrected chi connectivity index (χ4v) is 5.98. The first kappa shape index (κ1) is 22.9. The number of hydrogen-bond donors (Lipinski definition) is 0. The summed E-state index contributed by atoms with van der Waals surface area (Å²) in [5, 5.41) is 10.1. The van der Waals surface area contributed by atoms with E-state index in [1.165, 1.54) is 37.9 Å². The van der Waals surface area contributed by atoms with Gasteiger partial charge in [0.05, 0.1) is 5.52 Å². The van der Waals surface area contributed by atoms with Crippen molar-refractivity contribution in [2.24, 2.45) is 0 Å². The number of benzene rings is 6. The highest BCUT2D eigenvalue weighted by Crippen LogP contribution is 2.39. The molecule has 184 valence electrons. The molecule has 0 N–H and O–H groups in total. The second kappa shape index (κ2) is 8.97. The maximum atomic E-state index is 13.6. The van der Waals surface area contributed by atoms with Crippen molar-refractivity contribution in [3.63, 3.8) is 0 Å². The van der Waals surface area contributed by atoms with Crippen LogP contribution in [-0.2, 0) is 0 Å². The fourth-order valence-electron chi connectivity index (χ4n) is 5.98. The quantitative estimate of drug-likeness (QED) is 0.175. The Kier molecular flexibility index (Phi) is 5.28. The highest BCUT2D eigenvalue weighted by Gasteiger charge is 2.15. The maximum absolute atomic E-state index is 13.6. The molecule has 0 amide bonds. The smallest absolute Gasteiger partial charge is 0.263 e. The molecule has 0 bridgehead atoms. The molecule has 0 atom stereocenters. The molecule has 0 fully saturated rings. The van der Waals surface area contributed by atoms with E-state index in [1.54, 1.807) is 16.7 Å². The van der Waals surface area contributed by atoms with Crippen LogP contribution in [0.5, 0.6) is 0 Å². The van der Waals surface area contributed by atoms with Crippen LogP contribution in [0, 0.1) is 0 Å². The summed E-state index contributed by atoms with van der Waals surface area (Å²) in [6.45, 7) is 7.79. The Labute approximate surface area is 226 Å². The van der Waals surface area contributed by atoms with Gasteiger partial charge in [0.1, 0.15) is 0 Å². The molecule has 1 heterocycles. The molecule has 2 heteroatoms. The lowest BCUT2D eigenvalue weighted by atomic mass is 9.90. The van der Waals surface area contributed by atoms with Gasteiger partial charge in [-0.05, 0) is 85.2 Å². The monoisotopic (exact) mass is 499 g/mol. The van der Waals surface area contributed by atoms with Crippen molar-refractivity contribution in [2.45, 2.75) is 0 Å². The van der Waals surface area contributed by atoms with Crippen LogP contribution in [0.1, 0.15) is 0 Å². The van der Waals surface area contributed by atoms with E-state index < -0.39 is 0 Å². The standard InChI is InChI=1S/C37H25NO/c1-3-11-27(4-2)38-35-21-20-25(22-34(35)30-15-8-10-17-32(30)37(38)39)33-23-26-19-18-24-12-5-6-13-28(24)36(26)31-16-9-7-14-29(31)33/h3-23H,1-2H2/b27-11+. The number of allylic oxidation sites excluding steroid dienone is 4. The minimum atomic E-state index is -0.0677. The van der Waals surface area contributed by atoms with Crippen LogP contribution in [0.15, 0.2) is 145 Å². The van der Waals surface area contributed by atoms with Crippen LogP contribution in [0.3, 0.4) is 0 Å². The number of aromatic nitrogens is 1. The van der Waals surface area contributed by atoms with Crippen molar-refractivity contribution in [1.82, 2.24) is 4.57 Å². The third kappa shape index (κ3) is 3.46. The van der Waals surface area contributed by atoms with Crippen LogP contribution in [0.2, 0.25) is 0 Å². The summed E-state index contributed by atoms with van der Waals surface area (Å²) < 4.78 is 1.74. The molecule has 7 rings (SSSR count). The summed E-state index contributed by atoms with van der Waals surface area (Å²) in [5.41, 5.74) is 3.75. The van der Waals surface area contributed by atoms with Gasteiger partial charge in [-0.15, -0.1) is 0 Å². The van der Waals surface area contributed by atoms with Crippen molar-refractivity contribution in [1.29, 1.82) is 0 Å². The van der Waals surface area contributed by atoms with E-state index in [1.807, 2.05) is 30.3 Å². The molecule has 0 aliphatic carbocycles. The molecule has 1 aromatic heterocycles. The van der Waals surface area contributed by atoms with Crippen molar-refractivity contribution in [2.75, 3.05) is 0 Å². The van der Waals surface area contributed by atoms with Gasteiger partial charge in [0.15, 0.2) is 0 Å². The molecule has 0 unspecified atom stereocenters. The van der Waals surface area contributed by atoms with Crippen LogP contribution in [-0.4, -0.2) is 4.57 Å². The zero-order valence-electron chi connectivity index (χ0n) is 21.4. The van der Waals surface area contributed by atoms with E-state index in [9.17, 15) is 4.79 Å². The van der Waals surface area contributed by atoms with Crippen molar-refractivity contribution in [3.8, 4) is 11.1 Å². The van der Waals surface area contributed by atoms with Gasteiger partial charge in [-0.3, -0.25) is 9.36 Å². The van der Waals surface area contributed by atoms with Gasteiger partial charge < -0.3 is 0 Å². The van der Waals surface area contributed by atoms with Gasteiger partial charge in [0, 0.05) is 16.5 Å². The molecule has 0 aliphatic rings. The Balaban J connectivity index is 1.60. The van der Waals surface area contributed by atoms with Gasteiger partial charge in [0.25, 0.3) is 5.56 Å². The lowest BCUT2D eigenvalue weighted by Crippen LogP contribution is -2.19. The van der Waals surface area contributed by atoms with E-state index in [2.05, 4.69) is 98.1 Å². The van der Waals surface area contributed by atoms with E-state index in [0.717, 1.165) is 21.9 Å². The molecule has 0 saturated heterocycles. The van der Waals surface area contributed by atoms with E-state index in [0.29, 0.717) is 11.1 Å². The van der Waals surface area contributed by atoms with Crippen LogP contribution >= 0.6 is 0 Å². The zero-order valence-corrected chi connectivity index (χ0v) is 21.4. The average molecular weight is 500 g/mol. The lowest BCUT2D eigenvalue weighted by molar-refractivity contribution is 1.10. The highest BCUT2D eigenvalue weighted by atomic mass is 16.1. The average Bonchev–Trinajstić information content (AvgIpc) is 3.00. The molecule has 2 nitrogen and oxygen atoms in total. The van der Waals surface area contributed by atoms with Crippen LogP contribution in [0.25, 0.3) is 70.8 Å². The van der Waals surface area contributed by atoms with Crippen LogP contribution in [0.4, 0.5) is 0 Å². The number of fused-ring (bicyclic) bond motifs is 8. The number of rotatable bonds is 4. The Hall–Kier alpha value is -5.21. The largest absolute Gasteiger partial charge is 0.276 e. The van der Waals surface area contributed by atoms with E-state index in [-0.39, 0.29) is 5.56 Å². The third-order valence-electron chi connectivity index (χ3n) is 7.70. The van der Waals surface area contributed by atoms with Crippen molar-refractivity contribution in [3.05, 3.63) is 151 Å². The summed E-state index contributed by atoms with van der Waals surface area (Å²) in [5.74, 6) is 0. The van der Waals surface area contributed by atoms with Crippen molar-refractivity contribution >= 4 is 59.7 Å². The molecule has 7 aromatic rings. The van der Waals surface area contributed by atoms with Crippen molar-refractivity contribution < 1.29 is 0 Å². The lowest BCUT2D eigenvalue weighted by Gasteiger charge is -2.17. The Morgan fingerprint density at radius 1 is 0.615 bits per heavy atom. The van der Waals surface area contributed by atoms with Gasteiger partial charge in [-0.2, -0.15) is 0 Å². The second-order valence-electron chi connectivity index (χ2n) is 9.80. The molecular weight excluding hydrogens is 474 g/mol. The Bertz CT molecular complexity index is 2230. The first-order valence-corrected chi connectivity index (χ1v) is 13.1. The number of pyridine rings is 1. The minimum absolute atomic E-state index is 0.0677. The Morgan fingerprint density at radius 2 is 1.28 bits per heavy atom. The first-order chi connectivity index (χ1) is 19.2. The molecule has 0 radical (unpaired) electrons. The Morgan fingerprint density at radius 3 is 2.05 bits per heavy atom. The topological polar surface area (TPSA) is 22.0 Å². The summed E-state index contributed by atoms with van der Waals surface area (Å²) >= 11 is 0. The molecule has 0 saturated carbocycles. The summed E-state index contributed by atoms with van der Waals surface area (Å²) in [7, 11) is 0. The predicted octanol–water partition coefficient (Wildman–Crippen LogP) is 9.49. The maximum Gasteiger partial charge on any atom is 0.263 e. The summed E-state index contributed by atoms with van der Waals surface area (Å²) in [4.78, 5) is 13.6. The van der Waals surface area contributed by atoms with E-state index in [4.69, 9.17) is 0 Å². The molecule has 0 aliphatic heterocycles. The molecule has 6 aromatic carbocycles. The van der Waals surface area contributed by atoms with Gasteiger partial charge in [-0.25, -0.2) is 0 Å². The van der Waals surface area contributed by atoms with E-state index >= 15 is 0 Å². The third-order valence-corrected chi connectivity index (χ3v) is 7.70. The minimum Gasteiger partial charge on any atom is -0.276 e.